The Labute approximate surface area is 139 Å². The van der Waals surface area contributed by atoms with Crippen molar-refractivity contribution < 1.29 is 14.3 Å². The van der Waals surface area contributed by atoms with Crippen molar-refractivity contribution in [3.63, 3.8) is 0 Å². The van der Waals surface area contributed by atoms with Gasteiger partial charge in [-0.2, -0.15) is 0 Å². The molecule has 0 aromatic heterocycles. The third kappa shape index (κ3) is 7.01. The second-order valence-electron chi connectivity index (χ2n) is 6.36. The van der Waals surface area contributed by atoms with Gasteiger partial charge in [0.25, 0.3) is 0 Å². The molecule has 2 rings (SSSR count). The highest BCUT2D eigenvalue weighted by Crippen LogP contribution is 2.09. The molecule has 1 N–H and O–H groups in total. The molecule has 128 valence electrons. The molecule has 1 aromatic rings. The SMILES string of the molecule is CC(C)CN1CCOC(CNC(=O)CCOc2ccccc2)C1. The Hall–Kier alpha value is -1.59. The van der Waals surface area contributed by atoms with Crippen LogP contribution in [-0.4, -0.2) is 56.3 Å². The second-order valence-corrected chi connectivity index (χ2v) is 6.36. The highest BCUT2D eigenvalue weighted by atomic mass is 16.5. The Bertz CT molecular complexity index is 465. The van der Waals surface area contributed by atoms with Gasteiger partial charge in [-0.05, 0) is 18.1 Å². The van der Waals surface area contributed by atoms with Gasteiger partial charge >= 0.3 is 0 Å². The summed E-state index contributed by atoms with van der Waals surface area (Å²) >= 11 is 0. The molecular formula is C18H28N2O3. The Morgan fingerprint density at radius 3 is 2.91 bits per heavy atom. The first-order valence-corrected chi connectivity index (χ1v) is 8.42. The van der Waals surface area contributed by atoms with Crippen molar-refractivity contribution in [1.29, 1.82) is 0 Å². The Morgan fingerprint density at radius 2 is 2.17 bits per heavy atom. The van der Waals surface area contributed by atoms with Crippen molar-refractivity contribution in [1.82, 2.24) is 10.2 Å². The fourth-order valence-electron chi connectivity index (χ4n) is 2.68. The molecule has 0 aliphatic carbocycles. The van der Waals surface area contributed by atoms with Gasteiger partial charge < -0.3 is 14.8 Å². The molecule has 5 nitrogen and oxygen atoms in total. The van der Waals surface area contributed by atoms with Crippen LogP contribution in [0.5, 0.6) is 5.75 Å². The number of para-hydroxylation sites is 1. The summed E-state index contributed by atoms with van der Waals surface area (Å²) in [6.45, 7) is 9.09. The largest absolute Gasteiger partial charge is 0.493 e. The minimum absolute atomic E-state index is 0.00511. The number of morpholine rings is 1. The number of amides is 1. The van der Waals surface area contributed by atoms with Crippen molar-refractivity contribution in [2.45, 2.75) is 26.4 Å². The summed E-state index contributed by atoms with van der Waals surface area (Å²) < 4.78 is 11.3. The zero-order chi connectivity index (χ0) is 16.5. The van der Waals surface area contributed by atoms with Gasteiger partial charge in [0.1, 0.15) is 5.75 Å². The van der Waals surface area contributed by atoms with E-state index in [0.29, 0.717) is 25.5 Å². The maximum Gasteiger partial charge on any atom is 0.223 e. The van der Waals surface area contributed by atoms with E-state index in [1.807, 2.05) is 30.3 Å². The highest BCUT2D eigenvalue weighted by molar-refractivity contribution is 5.76. The number of hydrogen-bond donors (Lipinski definition) is 1. The van der Waals surface area contributed by atoms with E-state index in [1.165, 1.54) is 0 Å². The van der Waals surface area contributed by atoms with Gasteiger partial charge in [-0.25, -0.2) is 0 Å². The lowest BCUT2D eigenvalue weighted by atomic mass is 10.2. The minimum Gasteiger partial charge on any atom is -0.493 e. The number of carbonyl (C=O) groups excluding carboxylic acids is 1. The number of hydrogen-bond acceptors (Lipinski definition) is 4. The van der Waals surface area contributed by atoms with Gasteiger partial charge in [0, 0.05) is 26.2 Å². The third-order valence-electron chi connectivity index (χ3n) is 3.71. The van der Waals surface area contributed by atoms with Crippen LogP contribution in [0.2, 0.25) is 0 Å². The van der Waals surface area contributed by atoms with E-state index in [2.05, 4.69) is 24.1 Å². The first-order valence-electron chi connectivity index (χ1n) is 8.42. The minimum atomic E-state index is 0.00511. The molecule has 1 heterocycles. The average Bonchev–Trinajstić information content (AvgIpc) is 2.54. The van der Waals surface area contributed by atoms with E-state index < -0.39 is 0 Å². The van der Waals surface area contributed by atoms with Crippen LogP contribution < -0.4 is 10.1 Å². The van der Waals surface area contributed by atoms with Gasteiger partial charge in [0.15, 0.2) is 0 Å². The predicted molar refractivity (Wildman–Crippen MR) is 90.6 cm³/mol. The van der Waals surface area contributed by atoms with Crippen LogP contribution in [0.3, 0.4) is 0 Å². The van der Waals surface area contributed by atoms with Gasteiger partial charge in [-0.15, -0.1) is 0 Å². The summed E-state index contributed by atoms with van der Waals surface area (Å²) in [7, 11) is 0. The van der Waals surface area contributed by atoms with E-state index in [9.17, 15) is 4.79 Å². The zero-order valence-electron chi connectivity index (χ0n) is 14.2. The van der Waals surface area contributed by atoms with Crippen LogP contribution in [0.1, 0.15) is 20.3 Å². The van der Waals surface area contributed by atoms with Gasteiger partial charge in [0.2, 0.25) is 5.91 Å². The Kier molecular flexibility index (Phi) is 7.36. The first-order chi connectivity index (χ1) is 11.1. The first kappa shape index (κ1) is 17.8. The van der Waals surface area contributed by atoms with E-state index in [-0.39, 0.29) is 12.0 Å². The van der Waals surface area contributed by atoms with Crippen LogP contribution >= 0.6 is 0 Å². The highest BCUT2D eigenvalue weighted by Gasteiger charge is 2.21. The molecule has 0 spiro atoms. The molecule has 0 saturated carbocycles. The number of rotatable bonds is 8. The van der Waals surface area contributed by atoms with Gasteiger partial charge in [0.05, 0.1) is 25.7 Å². The molecular weight excluding hydrogens is 292 g/mol. The second kappa shape index (κ2) is 9.53. The van der Waals surface area contributed by atoms with Crippen LogP contribution in [0, 0.1) is 5.92 Å². The van der Waals surface area contributed by atoms with Crippen LogP contribution in [0.4, 0.5) is 0 Å². The molecule has 1 unspecified atom stereocenters. The topological polar surface area (TPSA) is 50.8 Å². The Balaban J connectivity index is 1.60. The number of carbonyl (C=O) groups is 1. The maximum absolute atomic E-state index is 11.9. The van der Waals surface area contributed by atoms with Gasteiger partial charge in [-0.1, -0.05) is 32.0 Å². The van der Waals surface area contributed by atoms with Crippen LogP contribution in [0.15, 0.2) is 30.3 Å². The predicted octanol–water partition coefficient (Wildman–Crippen LogP) is 1.93. The van der Waals surface area contributed by atoms with Crippen molar-refractivity contribution in [2.24, 2.45) is 5.92 Å². The molecule has 1 fully saturated rings. The summed E-state index contributed by atoms with van der Waals surface area (Å²) in [5.41, 5.74) is 0. The normalized spacial score (nSPS) is 18.8. The smallest absolute Gasteiger partial charge is 0.223 e. The van der Waals surface area contributed by atoms with E-state index in [1.54, 1.807) is 0 Å². The average molecular weight is 320 g/mol. The number of ether oxygens (including phenoxy) is 2. The van der Waals surface area contributed by atoms with Crippen molar-refractivity contribution >= 4 is 5.91 Å². The molecule has 5 heteroatoms. The summed E-state index contributed by atoms with van der Waals surface area (Å²) in [5.74, 6) is 1.45. The third-order valence-corrected chi connectivity index (χ3v) is 3.71. The van der Waals surface area contributed by atoms with Crippen molar-refractivity contribution in [3.8, 4) is 5.75 Å². The number of benzene rings is 1. The lowest BCUT2D eigenvalue weighted by Gasteiger charge is -2.33. The summed E-state index contributed by atoms with van der Waals surface area (Å²) in [5, 5.41) is 2.94. The molecule has 23 heavy (non-hydrogen) atoms. The van der Waals surface area contributed by atoms with E-state index >= 15 is 0 Å². The van der Waals surface area contributed by atoms with Gasteiger partial charge in [-0.3, -0.25) is 9.69 Å². The molecule has 1 aliphatic heterocycles. The zero-order valence-corrected chi connectivity index (χ0v) is 14.2. The molecule has 1 aromatic carbocycles. The molecule has 0 bridgehead atoms. The lowest BCUT2D eigenvalue weighted by Crippen LogP contribution is -2.48. The van der Waals surface area contributed by atoms with E-state index in [4.69, 9.17) is 9.47 Å². The maximum atomic E-state index is 11.9. The number of nitrogens with zero attached hydrogens (tertiary/aromatic N) is 1. The summed E-state index contributed by atoms with van der Waals surface area (Å²) in [6.07, 6.45) is 0.443. The molecule has 1 saturated heterocycles. The fourth-order valence-corrected chi connectivity index (χ4v) is 2.68. The molecule has 1 aliphatic rings. The van der Waals surface area contributed by atoms with Crippen LogP contribution in [0.25, 0.3) is 0 Å². The van der Waals surface area contributed by atoms with E-state index in [0.717, 1.165) is 32.0 Å². The quantitative estimate of drug-likeness (QED) is 0.795. The van der Waals surface area contributed by atoms with Crippen molar-refractivity contribution in [3.05, 3.63) is 30.3 Å². The summed E-state index contributed by atoms with van der Waals surface area (Å²) in [6, 6.07) is 9.54. The standard InChI is InChI=1S/C18H28N2O3/c1-15(2)13-20-9-11-23-17(14-20)12-19-18(21)8-10-22-16-6-4-3-5-7-16/h3-7,15,17H,8-14H2,1-2H3,(H,19,21). The molecule has 1 atom stereocenters. The Morgan fingerprint density at radius 1 is 1.39 bits per heavy atom. The molecule has 1 amide bonds. The van der Waals surface area contributed by atoms with Crippen LogP contribution in [-0.2, 0) is 9.53 Å². The molecule has 0 radical (unpaired) electrons. The lowest BCUT2D eigenvalue weighted by molar-refractivity contribution is -0.122. The monoisotopic (exact) mass is 320 g/mol. The fraction of sp³-hybridized carbons (Fsp3) is 0.611. The number of nitrogens with one attached hydrogen (secondary N) is 1. The van der Waals surface area contributed by atoms with Crippen molar-refractivity contribution in [2.75, 3.05) is 39.4 Å². The summed E-state index contributed by atoms with van der Waals surface area (Å²) in [4.78, 5) is 14.3.